The highest BCUT2D eigenvalue weighted by Crippen LogP contribution is 2.36. The van der Waals surface area contributed by atoms with E-state index in [1.165, 1.54) is 13.0 Å². The van der Waals surface area contributed by atoms with E-state index in [4.69, 9.17) is 0 Å². The standard InChI is InChI=1S/C19H16F3N5O3/c1-11(28)23-12-6-7-16(14(10-12)19(20,21)22)24-17(29)8-9-27-18(30)13-4-2-3-5-15(13)25-26-27/h2-7,10H,8-9H2,1H3,(H,23,28)(H,24,29). The van der Waals surface area contributed by atoms with Gasteiger partial charge in [0.05, 0.1) is 23.2 Å². The summed E-state index contributed by atoms with van der Waals surface area (Å²) in [4.78, 5) is 35.6. The van der Waals surface area contributed by atoms with E-state index in [0.29, 0.717) is 10.9 Å². The predicted octanol–water partition coefficient (Wildman–Crippen LogP) is 2.80. The average molecular weight is 419 g/mol. The summed E-state index contributed by atoms with van der Waals surface area (Å²) in [7, 11) is 0. The molecule has 3 rings (SSSR count). The molecule has 0 bridgehead atoms. The third-order valence-electron chi connectivity index (χ3n) is 4.10. The van der Waals surface area contributed by atoms with Crippen LogP contribution in [0.2, 0.25) is 0 Å². The van der Waals surface area contributed by atoms with Gasteiger partial charge in [0.1, 0.15) is 5.52 Å². The lowest BCUT2D eigenvalue weighted by molar-refractivity contribution is -0.137. The number of alkyl halides is 3. The van der Waals surface area contributed by atoms with E-state index in [0.717, 1.165) is 16.8 Å². The monoisotopic (exact) mass is 419 g/mol. The first kappa shape index (κ1) is 21.0. The van der Waals surface area contributed by atoms with Gasteiger partial charge in [0.2, 0.25) is 11.8 Å². The molecule has 0 aliphatic carbocycles. The molecule has 156 valence electrons. The molecule has 3 aromatic rings. The summed E-state index contributed by atoms with van der Waals surface area (Å²) in [5.74, 6) is -1.27. The van der Waals surface area contributed by atoms with Crippen molar-refractivity contribution in [1.82, 2.24) is 15.0 Å². The summed E-state index contributed by atoms with van der Waals surface area (Å²) < 4.78 is 41.0. The second-order valence-corrected chi connectivity index (χ2v) is 6.37. The van der Waals surface area contributed by atoms with Crippen molar-refractivity contribution >= 4 is 34.1 Å². The molecule has 2 N–H and O–H groups in total. The number of hydrogen-bond donors (Lipinski definition) is 2. The van der Waals surface area contributed by atoms with E-state index >= 15 is 0 Å². The van der Waals surface area contributed by atoms with Gasteiger partial charge in [-0.1, -0.05) is 17.3 Å². The number of aromatic nitrogens is 3. The molecule has 2 aromatic carbocycles. The van der Waals surface area contributed by atoms with Crippen LogP contribution in [-0.2, 0) is 22.3 Å². The van der Waals surface area contributed by atoms with Crippen LogP contribution in [0.4, 0.5) is 24.5 Å². The molecule has 2 amide bonds. The highest BCUT2D eigenvalue weighted by molar-refractivity contribution is 5.93. The Kier molecular flexibility index (Phi) is 5.81. The number of rotatable bonds is 5. The van der Waals surface area contributed by atoms with Gasteiger partial charge in [-0.2, -0.15) is 13.2 Å². The molecular formula is C19H16F3N5O3. The Morgan fingerprint density at radius 1 is 1.10 bits per heavy atom. The molecule has 0 radical (unpaired) electrons. The fraction of sp³-hybridized carbons (Fsp3) is 0.211. The van der Waals surface area contributed by atoms with Gasteiger partial charge in [-0.25, -0.2) is 4.68 Å². The van der Waals surface area contributed by atoms with Crippen LogP contribution in [0.15, 0.2) is 47.3 Å². The van der Waals surface area contributed by atoms with Crippen molar-refractivity contribution in [1.29, 1.82) is 0 Å². The fourth-order valence-corrected chi connectivity index (χ4v) is 2.76. The van der Waals surface area contributed by atoms with E-state index in [-0.39, 0.29) is 18.7 Å². The van der Waals surface area contributed by atoms with Crippen molar-refractivity contribution < 1.29 is 22.8 Å². The predicted molar refractivity (Wildman–Crippen MR) is 103 cm³/mol. The number of aryl methyl sites for hydroxylation is 1. The Balaban J connectivity index is 1.75. The van der Waals surface area contributed by atoms with Crippen LogP contribution >= 0.6 is 0 Å². The SMILES string of the molecule is CC(=O)Nc1ccc(NC(=O)CCn2nnc3ccccc3c2=O)c(C(F)(F)F)c1. The van der Waals surface area contributed by atoms with E-state index in [1.54, 1.807) is 24.3 Å². The van der Waals surface area contributed by atoms with E-state index in [1.807, 2.05) is 0 Å². The first-order valence-electron chi connectivity index (χ1n) is 8.76. The van der Waals surface area contributed by atoms with Crippen molar-refractivity contribution in [3.63, 3.8) is 0 Å². The van der Waals surface area contributed by atoms with Crippen LogP contribution in [-0.4, -0.2) is 26.8 Å². The molecule has 0 atom stereocenters. The van der Waals surface area contributed by atoms with Crippen LogP contribution in [0.1, 0.15) is 18.9 Å². The molecule has 11 heteroatoms. The number of carbonyl (C=O) groups excluding carboxylic acids is 2. The number of anilines is 2. The maximum absolute atomic E-state index is 13.3. The summed E-state index contributed by atoms with van der Waals surface area (Å²) in [6.45, 7) is 1.01. The zero-order valence-electron chi connectivity index (χ0n) is 15.7. The van der Waals surface area contributed by atoms with Crippen LogP contribution < -0.4 is 16.2 Å². The van der Waals surface area contributed by atoms with Gasteiger partial charge in [-0.05, 0) is 30.3 Å². The molecule has 1 aromatic heterocycles. The molecule has 0 saturated heterocycles. The molecule has 0 spiro atoms. The lowest BCUT2D eigenvalue weighted by Gasteiger charge is -2.15. The summed E-state index contributed by atoms with van der Waals surface area (Å²) in [5, 5.41) is 12.4. The average Bonchev–Trinajstić information content (AvgIpc) is 2.67. The number of nitrogens with one attached hydrogen (secondary N) is 2. The molecule has 0 aliphatic heterocycles. The number of fused-ring (bicyclic) bond motifs is 1. The molecular weight excluding hydrogens is 403 g/mol. The molecule has 8 nitrogen and oxygen atoms in total. The highest BCUT2D eigenvalue weighted by Gasteiger charge is 2.34. The van der Waals surface area contributed by atoms with Crippen molar-refractivity contribution in [3.8, 4) is 0 Å². The zero-order valence-corrected chi connectivity index (χ0v) is 15.7. The molecule has 0 fully saturated rings. The summed E-state index contributed by atoms with van der Waals surface area (Å²) in [6, 6.07) is 9.56. The normalized spacial score (nSPS) is 11.3. The second kappa shape index (κ2) is 8.31. The van der Waals surface area contributed by atoms with Gasteiger partial charge in [0.25, 0.3) is 5.56 Å². The smallest absolute Gasteiger partial charge is 0.326 e. The highest BCUT2D eigenvalue weighted by atomic mass is 19.4. The largest absolute Gasteiger partial charge is 0.418 e. The van der Waals surface area contributed by atoms with E-state index in [9.17, 15) is 27.6 Å². The minimum Gasteiger partial charge on any atom is -0.326 e. The minimum absolute atomic E-state index is 0.0502. The molecule has 0 aliphatic rings. The lowest BCUT2D eigenvalue weighted by atomic mass is 10.1. The summed E-state index contributed by atoms with van der Waals surface area (Å²) >= 11 is 0. The molecule has 0 unspecified atom stereocenters. The number of carbonyl (C=O) groups is 2. The summed E-state index contributed by atoms with van der Waals surface area (Å²) in [6.07, 6.45) is -5.05. The molecule has 1 heterocycles. The van der Waals surface area contributed by atoms with E-state index < -0.39 is 34.8 Å². The van der Waals surface area contributed by atoms with Gasteiger partial charge < -0.3 is 10.6 Å². The Morgan fingerprint density at radius 2 is 1.83 bits per heavy atom. The van der Waals surface area contributed by atoms with Crippen molar-refractivity contribution in [2.24, 2.45) is 0 Å². The van der Waals surface area contributed by atoms with Gasteiger partial charge in [0, 0.05) is 19.0 Å². The van der Waals surface area contributed by atoms with Gasteiger partial charge in [-0.15, -0.1) is 5.10 Å². The number of nitrogens with zero attached hydrogens (tertiary/aromatic N) is 3. The van der Waals surface area contributed by atoms with Crippen LogP contribution in [0.5, 0.6) is 0 Å². The van der Waals surface area contributed by atoms with Crippen molar-refractivity contribution in [3.05, 3.63) is 58.4 Å². The number of halogens is 3. The Labute approximate surface area is 167 Å². The second-order valence-electron chi connectivity index (χ2n) is 6.37. The third kappa shape index (κ3) is 4.80. The van der Waals surface area contributed by atoms with Gasteiger partial charge in [0.15, 0.2) is 0 Å². The maximum atomic E-state index is 13.3. The number of amides is 2. The first-order chi connectivity index (χ1) is 14.1. The van der Waals surface area contributed by atoms with Gasteiger partial charge >= 0.3 is 6.18 Å². The Hall–Kier alpha value is -3.76. The van der Waals surface area contributed by atoms with Crippen LogP contribution in [0.3, 0.4) is 0 Å². The molecule has 0 saturated carbocycles. The Morgan fingerprint density at radius 3 is 2.53 bits per heavy atom. The van der Waals surface area contributed by atoms with E-state index in [2.05, 4.69) is 20.9 Å². The summed E-state index contributed by atoms with van der Waals surface area (Å²) in [5.41, 5.74) is -1.67. The molecule has 30 heavy (non-hydrogen) atoms. The first-order valence-corrected chi connectivity index (χ1v) is 8.76. The van der Waals surface area contributed by atoms with Crippen LogP contribution in [0.25, 0.3) is 10.9 Å². The topological polar surface area (TPSA) is 106 Å². The maximum Gasteiger partial charge on any atom is 0.418 e. The fourth-order valence-electron chi connectivity index (χ4n) is 2.76. The quantitative estimate of drug-likeness (QED) is 0.662. The lowest BCUT2D eigenvalue weighted by Crippen LogP contribution is -2.27. The van der Waals surface area contributed by atoms with Crippen molar-refractivity contribution in [2.45, 2.75) is 26.1 Å². The Bertz CT molecular complexity index is 1170. The number of hydrogen-bond acceptors (Lipinski definition) is 5. The van der Waals surface area contributed by atoms with Crippen molar-refractivity contribution in [2.75, 3.05) is 10.6 Å². The zero-order chi connectivity index (χ0) is 21.9. The number of benzene rings is 2. The third-order valence-corrected chi connectivity index (χ3v) is 4.10. The van der Waals surface area contributed by atoms with Gasteiger partial charge in [-0.3, -0.25) is 14.4 Å². The van der Waals surface area contributed by atoms with Crippen LogP contribution in [0, 0.1) is 0 Å². The minimum atomic E-state index is -4.75.